The van der Waals surface area contributed by atoms with Gasteiger partial charge in [0.05, 0.1) is 28.5 Å². The van der Waals surface area contributed by atoms with Gasteiger partial charge in [-0.15, -0.1) is 0 Å². The molecule has 8 heteroatoms. The van der Waals surface area contributed by atoms with Crippen molar-refractivity contribution in [2.45, 2.75) is 40.7 Å². The Hall–Kier alpha value is -2.65. The highest BCUT2D eigenvalue weighted by Gasteiger charge is 2.33. The van der Waals surface area contributed by atoms with Gasteiger partial charge in [-0.1, -0.05) is 42.1 Å². The molecule has 170 valence electrons. The third-order valence-electron chi connectivity index (χ3n) is 5.74. The fourth-order valence-corrected chi connectivity index (χ4v) is 7.01. The van der Waals surface area contributed by atoms with Crippen LogP contribution in [0.2, 0.25) is 0 Å². The average Bonchev–Trinajstić information content (AvgIpc) is 2.81. The van der Waals surface area contributed by atoms with E-state index in [0.717, 1.165) is 21.2 Å². The Labute approximate surface area is 198 Å². The second-order valence-electron chi connectivity index (χ2n) is 8.29. The van der Waals surface area contributed by atoms with Gasteiger partial charge in [0.1, 0.15) is 0 Å². The van der Waals surface area contributed by atoms with Crippen molar-refractivity contribution in [3.8, 4) is 0 Å². The van der Waals surface area contributed by atoms with Crippen LogP contribution in [-0.2, 0) is 14.8 Å². The maximum atomic E-state index is 13.8. The van der Waals surface area contributed by atoms with Crippen molar-refractivity contribution in [1.82, 2.24) is 4.31 Å². The smallest absolute Gasteiger partial charge is 0.262 e. The van der Waals surface area contributed by atoms with Gasteiger partial charge in [-0.3, -0.25) is 9.69 Å². The maximum absolute atomic E-state index is 13.8. The lowest BCUT2D eigenvalue weighted by Crippen LogP contribution is -2.48. The summed E-state index contributed by atoms with van der Waals surface area (Å²) in [4.78, 5) is 17.5. The Balaban J connectivity index is 1.53. The Morgan fingerprint density at radius 1 is 0.879 bits per heavy atom. The van der Waals surface area contributed by atoms with Crippen molar-refractivity contribution in [1.29, 1.82) is 0 Å². The lowest BCUT2D eigenvalue weighted by Gasteiger charge is -2.34. The molecular weight excluding hydrogens is 456 g/mol. The van der Waals surface area contributed by atoms with Crippen molar-refractivity contribution >= 4 is 39.1 Å². The van der Waals surface area contributed by atoms with E-state index in [2.05, 4.69) is 0 Å². The number of fused-ring (bicyclic) bond motifs is 2. The van der Waals surface area contributed by atoms with E-state index >= 15 is 0 Å². The standard InChI is InChI=1S/C25H24N2O4S2/c1-17-15-26(16-18(2)31-17)33(29,30)20-9-7-8-19(14-20)25(28)27-21-10-3-5-12-23(21)32-24-13-6-4-11-22(24)27/h3-14,17-18H,15-16H2,1-2H3/t17-,18-/m0/s1. The largest absolute Gasteiger partial charge is 0.373 e. The number of carbonyl (C=O) groups is 1. The number of anilines is 2. The first-order valence-corrected chi connectivity index (χ1v) is 13.1. The molecule has 0 aromatic heterocycles. The first-order chi connectivity index (χ1) is 15.8. The van der Waals surface area contributed by atoms with Crippen LogP contribution in [0.5, 0.6) is 0 Å². The number of hydrogen-bond donors (Lipinski definition) is 0. The number of hydrogen-bond acceptors (Lipinski definition) is 5. The fourth-order valence-electron chi connectivity index (χ4n) is 4.32. The maximum Gasteiger partial charge on any atom is 0.262 e. The van der Waals surface area contributed by atoms with Gasteiger partial charge in [-0.05, 0) is 56.3 Å². The van der Waals surface area contributed by atoms with E-state index < -0.39 is 10.0 Å². The van der Waals surface area contributed by atoms with Gasteiger partial charge in [0.25, 0.3) is 5.91 Å². The van der Waals surface area contributed by atoms with Gasteiger partial charge in [-0.2, -0.15) is 4.31 Å². The minimum absolute atomic E-state index is 0.114. The third-order valence-corrected chi connectivity index (χ3v) is 8.70. The van der Waals surface area contributed by atoms with Crippen molar-refractivity contribution < 1.29 is 17.9 Å². The molecule has 0 saturated carbocycles. The minimum Gasteiger partial charge on any atom is -0.373 e. The van der Waals surface area contributed by atoms with Gasteiger partial charge in [-0.25, -0.2) is 8.42 Å². The molecule has 0 bridgehead atoms. The summed E-state index contributed by atoms with van der Waals surface area (Å²) in [5.41, 5.74) is 1.90. The molecule has 2 atom stereocenters. The van der Waals surface area contributed by atoms with Crippen LogP contribution in [0.15, 0.2) is 87.5 Å². The van der Waals surface area contributed by atoms with Crippen LogP contribution < -0.4 is 4.90 Å². The van der Waals surface area contributed by atoms with Crippen molar-refractivity contribution in [2.24, 2.45) is 0 Å². The number of sulfonamides is 1. The van der Waals surface area contributed by atoms with E-state index in [1.807, 2.05) is 62.4 Å². The zero-order chi connectivity index (χ0) is 23.2. The second kappa shape index (κ2) is 8.61. The molecule has 6 nitrogen and oxygen atoms in total. The predicted molar refractivity (Wildman–Crippen MR) is 129 cm³/mol. The molecule has 0 radical (unpaired) electrons. The fraction of sp³-hybridized carbons (Fsp3) is 0.240. The summed E-state index contributed by atoms with van der Waals surface area (Å²) in [5.74, 6) is -0.268. The van der Waals surface area contributed by atoms with Gasteiger partial charge < -0.3 is 4.74 Å². The van der Waals surface area contributed by atoms with Gasteiger partial charge in [0.15, 0.2) is 0 Å². The molecule has 2 aliphatic heterocycles. The van der Waals surface area contributed by atoms with E-state index in [1.54, 1.807) is 34.9 Å². The molecule has 3 aromatic rings. The molecule has 2 aliphatic rings. The molecule has 3 aromatic carbocycles. The second-order valence-corrected chi connectivity index (χ2v) is 11.3. The lowest BCUT2D eigenvalue weighted by atomic mass is 10.1. The topological polar surface area (TPSA) is 66.9 Å². The molecule has 33 heavy (non-hydrogen) atoms. The Morgan fingerprint density at radius 3 is 2.06 bits per heavy atom. The number of nitrogens with zero attached hydrogens (tertiary/aromatic N) is 2. The van der Waals surface area contributed by atoms with E-state index in [-0.39, 0.29) is 36.1 Å². The Kier molecular flexibility index (Phi) is 5.78. The van der Waals surface area contributed by atoms with E-state index in [0.29, 0.717) is 5.56 Å². The van der Waals surface area contributed by atoms with Crippen molar-refractivity contribution in [2.75, 3.05) is 18.0 Å². The number of morpholine rings is 1. The highest BCUT2D eigenvalue weighted by molar-refractivity contribution is 7.99. The van der Waals surface area contributed by atoms with Crippen LogP contribution in [0.25, 0.3) is 0 Å². The molecule has 0 unspecified atom stereocenters. The quantitative estimate of drug-likeness (QED) is 0.532. The van der Waals surface area contributed by atoms with E-state index in [9.17, 15) is 13.2 Å². The number of carbonyl (C=O) groups excluding carboxylic acids is 1. The summed E-state index contributed by atoms with van der Waals surface area (Å²) in [6, 6.07) is 21.8. The molecular formula is C25H24N2O4S2. The zero-order valence-corrected chi connectivity index (χ0v) is 20.0. The van der Waals surface area contributed by atoms with Crippen molar-refractivity contribution in [3.05, 3.63) is 78.4 Å². The first kappa shape index (κ1) is 22.2. The van der Waals surface area contributed by atoms with Gasteiger partial charge >= 0.3 is 0 Å². The summed E-state index contributed by atoms with van der Waals surface area (Å²) in [6.45, 7) is 4.30. The molecule has 0 N–H and O–H groups in total. The molecule has 5 rings (SSSR count). The predicted octanol–water partition coefficient (Wildman–Crippen LogP) is 4.93. The van der Waals surface area contributed by atoms with Crippen LogP contribution in [0.3, 0.4) is 0 Å². The number of para-hydroxylation sites is 2. The number of amides is 1. The SMILES string of the molecule is C[C@H]1CN(S(=O)(=O)c2cccc(C(=O)N3c4ccccc4Sc4ccccc43)c2)C[C@H](C)O1. The normalized spacial score (nSPS) is 20.7. The average molecular weight is 481 g/mol. The molecule has 2 heterocycles. The molecule has 1 amide bonds. The van der Waals surface area contributed by atoms with Crippen LogP contribution in [0.4, 0.5) is 11.4 Å². The summed E-state index contributed by atoms with van der Waals surface area (Å²) in [5, 5.41) is 0. The Morgan fingerprint density at radius 2 is 1.45 bits per heavy atom. The molecule has 0 spiro atoms. The highest BCUT2D eigenvalue weighted by atomic mass is 32.2. The monoisotopic (exact) mass is 480 g/mol. The zero-order valence-electron chi connectivity index (χ0n) is 18.3. The summed E-state index contributed by atoms with van der Waals surface area (Å²) in [6.07, 6.45) is -0.376. The lowest BCUT2D eigenvalue weighted by molar-refractivity contribution is -0.0440. The number of benzene rings is 3. The summed E-state index contributed by atoms with van der Waals surface area (Å²) < 4.78 is 33.9. The number of rotatable bonds is 3. The third kappa shape index (κ3) is 4.08. The summed E-state index contributed by atoms with van der Waals surface area (Å²) in [7, 11) is -3.76. The van der Waals surface area contributed by atoms with Crippen molar-refractivity contribution in [3.63, 3.8) is 0 Å². The first-order valence-electron chi connectivity index (χ1n) is 10.8. The summed E-state index contributed by atoms with van der Waals surface area (Å²) >= 11 is 1.62. The van der Waals surface area contributed by atoms with Gasteiger partial charge in [0, 0.05) is 28.4 Å². The minimum atomic E-state index is -3.76. The number of ether oxygens (including phenoxy) is 1. The van der Waals surface area contributed by atoms with Crippen LogP contribution in [-0.4, -0.2) is 43.9 Å². The highest BCUT2D eigenvalue weighted by Crippen LogP contribution is 2.48. The van der Waals surface area contributed by atoms with Gasteiger partial charge in [0.2, 0.25) is 10.0 Å². The van der Waals surface area contributed by atoms with Crippen LogP contribution in [0.1, 0.15) is 24.2 Å². The Bertz CT molecular complexity index is 1270. The molecule has 0 aliphatic carbocycles. The molecule has 1 fully saturated rings. The van der Waals surface area contributed by atoms with E-state index in [1.165, 1.54) is 10.4 Å². The van der Waals surface area contributed by atoms with Crippen LogP contribution in [0, 0.1) is 0 Å². The van der Waals surface area contributed by atoms with E-state index in [4.69, 9.17) is 4.74 Å². The van der Waals surface area contributed by atoms with Crippen LogP contribution >= 0.6 is 11.8 Å². The molecule has 1 saturated heterocycles.